The number of fused-ring (bicyclic) bond motifs is 1. The number of rotatable bonds is 5. The summed E-state index contributed by atoms with van der Waals surface area (Å²) in [7, 11) is 1.65. The first-order valence-corrected chi connectivity index (χ1v) is 12.6. The molecule has 2 aromatic heterocycles. The van der Waals surface area contributed by atoms with Crippen LogP contribution in [-0.2, 0) is 27.4 Å². The van der Waals surface area contributed by atoms with Crippen LogP contribution in [0.2, 0.25) is 0 Å². The zero-order chi connectivity index (χ0) is 27.9. The first-order chi connectivity index (χ1) is 18.5. The normalized spacial score (nSPS) is 17.2. The molecule has 1 atom stereocenters. The lowest BCUT2D eigenvalue weighted by Gasteiger charge is -2.29. The van der Waals surface area contributed by atoms with Gasteiger partial charge < -0.3 is 14.5 Å². The molecule has 2 aliphatic heterocycles. The van der Waals surface area contributed by atoms with Gasteiger partial charge in [-0.25, -0.2) is 14.5 Å². The van der Waals surface area contributed by atoms with Crippen LogP contribution in [0, 0.1) is 0 Å². The van der Waals surface area contributed by atoms with E-state index in [1.807, 2.05) is 39.0 Å². The molecule has 4 heterocycles. The Labute approximate surface area is 224 Å². The fourth-order valence-electron chi connectivity index (χ4n) is 4.57. The molecule has 1 unspecified atom stereocenters. The molecule has 1 N–H and O–H groups in total. The van der Waals surface area contributed by atoms with Crippen molar-refractivity contribution < 1.29 is 23.9 Å². The monoisotopic (exact) mass is 531 g/mol. The summed E-state index contributed by atoms with van der Waals surface area (Å²) >= 11 is 0. The lowest BCUT2D eigenvalue weighted by atomic mass is 10.0. The van der Waals surface area contributed by atoms with E-state index in [0.29, 0.717) is 29.2 Å². The van der Waals surface area contributed by atoms with E-state index in [9.17, 15) is 19.2 Å². The molecule has 4 amide bonds. The SMILES string of the molecule is CN(Cc1cccc(-n2cc(-c3ccc4c(c3)CN(C3CCC(=O)NC3=O)C4=O)nn2)n1)C(=O)OC(C)(C)C. The van der Waals surface area contributed by atoms with Crippen molar-refractivity contribution in [1.29, 1.82) is 0 Å². The minimum absolute atomic E-state index is 0.206. The van der Waals surface area contributed by atoms with Gasteiger partial charge in [-0.1, -0.05) is 17.3 Å². The molecule has 0 aliphatic carbocycles. The van der Waals surface area contributed by atoms with Gasteiger partial charge >= 0.3 is 6.09 Å². The molecule has 1 saturated heterocycles. The number of ether oxygens (including phenoxy) is 1. The van der Waals surface area contributed by atoms with Crippen molar-refractivity contribution in [3.05, 3.63) is 59.4 Å². The van der Waals surface area contributed by atoms with Gasteiger partial charge in [-0.3, -0.25) is 19.7 Å². The van der Waals surface area contributed by atoms with Gasteiger partial charge in [-0.15, -0.1) is 5.10 Å². The van der Waals surface area contributed by atoms with Crippen LogP contribution in [0.15, 0.2) is 42.6 Å². The minimum atomic E-state index is -0.667. The summed E-state index contributed by atoms with van der Waals surface area (Å²) in [5.41, 5.74) is 2.72. The first kappa shape index (κ1) is 26.0. The molecular formula is C27H29N7O5. The average molecular weight is 532 g/mol. The second kappa shape index (κ2) is 9.93. The number of hydrogen-bond acceptors (Lipinski definition) is 8. The number of piperidine rings is 1. The summed E-state index contributed by atoms with van der Waals surface area (Å²) in [5, 5.41) is 10.8. The Kier molecular flexibility index (Phi) is 6.62. The highest BCUT2D eigenvalue weighted by Crippen LogP contribution is 2.30. The third-order valence-corrected chi connectivity index (χ3v) is 6.44. The highest BCUT2D eigenvalue weighted by Gasteiger charge is 2.39. The number of aromatic nitrogens is 4. The Morgan fingerprint density at radius 2 is 1.97 bits per heavy atom. The third kappa shape index (κ3) is 5.49. The Morgan fingerprint density at radius 1 is 1.18 bits per heavy atom. The van der Waals surface area contributed by atoms with Crippen molar-refractivity contribution >= 4 is 23.8 Å². The number of carbonyl (C=O) groups is 4. The maximum atomic E-state index is 13.0. The van der Waals surface area contributed by atoms with E-state index in [1.165, 1.54) is 9.80 Å². The molecule has 202 valence electrons. The first-order valence-electron chi connectivity index (χ1n) is 12.6. The maximum absolute atomic E-state index is 13.0. The van der Waals surface area contributed by atoms with Crippen LogP contribution in [0.5, 0.6) is 0 Å². The number of pyridine rings is 1. The summed E-state index contributed by atoms with van der Waals surface area (Å²) in [4.78, 5) is 56.7. The van der Waals surface area contributed by atoms with Gasteiger partial charge in [0.05, 0.1) is 18.4 Å². The predicted molar refractivity (Wildman–Crippen MR) is 138 cm³/mol. The number of benzene rings is 1. The van der Waals surface area contributed by atoms with E-state index >= 15 is 0 Å². The van der Waals surface area contributed by atoms with Crippen LogP contribution in [0.4, 0.5) is 4.79 Å². The Morgan fingerprint density at radius 3 is 2.72 bits per heavy atom. The fraction of sp³-hybridized carbons (Fsp3) is 0.370. The molecule has 2 aliphatic rings. The number of carbonyl (C=O) groups excluding carboxylic acids is 4. The van der Waals surface area contributed by atoms with Crippen LogP contribution in [0.3, 0.4) is 0 Å². The van der Waals surface area contributed by atoms with Crippen molar-refractivity contribution in [2.45, 2.75) is 58.3 Å². The zero-order valence-corrected chi connectivity index (χ0v) is 22.2. The second-order valence-corrected chi connectivity index (χ2v) is 10.6. The Bertz CT molecular complexity index is 1480. The van der Waals surface area contributed by atoms with Gasteiger partial charge in [0.2, 0.25) is 11.8 Å². The van der Waals surface area contributed by atoms with Crippen LogP contribution in [0.1, 0.15) is 55.2 Å². The molecular weight excluding hydrogens is 502 g/mol. The second-order valence-electron chi connectivity index (χ2n) is 10.6. The Balaban J connectivity index is 1.31. The molecule has 39 heavy (non-hydrogen) atoms. The summed E-state index contributed by atoms with van der Waals surface area (Å²) in [6, 6.07) is 10.1. The topological polar surface area (TPSA) is 140 Å². The van der Waals surface area contributed by atoms with Crippen LogP contribution < -0.4 is 5.32 Å². The summed E-state index contributed by atoms with van der Waals surface area (Å²) in [6.45, 7) is 5.97. The number of hydrogen-bond donors (Lipinski definition) is 1. The van der Waals surface area contributed by atoms with Crippen LogP contribution in [0.25, 0.3) is 17.1 Å². The standard InChI is InChI=1S/C27H29N7O5/c1-27(2,3)39-26(38)32(4)14-18-6-5-7-22(28-18)34-15-20(30-31-34)16-8-9-19-17(12-16)13-33(25(19)37)21-10-11-23(35)29-24(21)36/h5-9,12,15,21H,10-11,13-14H2,1-4H3,(H,29,35,36). The van der Waals surface area contributed by atoms with E-state index < -0.39 is 23.6 Å². The lowest BCUT2D eigenvalue weighted by Crippen LogP contribution is -2.52. The van der Waals surface area contributed by atoms with E-state index in [2.05, 4.69) is 20.6 Å². The molecule has 1 fully saturated rings. The van der Waals surface area contributed by atoms with Gasteiger partial charge in [0, 0.05) is 31.1 Å². The maximum Gasteiger partial charge on any atom is 0.410 e. The smallest absolute Gasteiger partial charge is 0.410 e. The van der Waals surface area contributed by atoms with Gasteiger partial charge in [0.25, 0.3) is 5.91 Å². The number of imide groups is 1. The summed E-state index contributed by atoms with van der Waals surface area (Å²) < 4.78 is 6.94. The van der Waals surface area contributed by atoms with E-state index in [-0.39, 0.29) is 31.3 Å². The molecule has 12 heteroatoms. The van der Waals surface area contributed by atoms with Gasteiger partial charge in [0.15, 0.2) is 5.82 Å². The van der Waals surface area contributed by atoms with Crippen LogP contribution in [-0.4, -0.2) is 72.3 Å². The molecule has 5 rings (SSSR count). The number of nitrogens with zero attached hydrogens (tertiary/aromatic N) is 6. The van der Waals surface area contributed by atoms with Crippen molar-refractivity contribution in [3.8, 4) is 17.1 Å². The van der Waals surface area contributed by atoms with Gasteiger partial charge in [0.1, 0.15) is 17.3 Å². The summed E-state index contributed by atoms with van der Waals surface area (Å²) in [6.07, 6.45) is 1.81. The molecule has 3 aromatic rings. The van der Waals surface area contributed by atoms with Crippen molar-refractivity contribution in [1.82, 2.24) is 35.1 Å². The largest absolute Gasteiger partial charge is 0.444 e. The molecule has 12 nitrogen and oxygen atoms in total. The van der Waals surface area contributed by atoms with Gasteiger partial charge in [-0.2, -0.15) is 0 Å². The van der Waals surface area contributed by atoms with Crippen molar-refractivity contribution in [2.75, 3.05) is 7.05 Å². The quantitative estimate of drug-likeness (QED) is 0.495. The number of nitrogens with one attached hydrogen (secondary N) is 1. The van der Waals surface area contributed by atoms with E-state index in [4.69, 9.17) is 4.74 Å². The fourth-order valence-corrected chi connectivity index (χ4v) is 4.57. The predicted octanol–water partition coefficient (Wildman–Crippen LogP) is 2.46. The molecule has 0 spiro atoms. The molecule has 1 aromatic carbocycles. The van der Waals surface area contributed by atoms with Crippen LogP contribution >= 0.6 is 0 Å². The minimum Gasteiger partial charge on any atom is -0.444 e. The van der Waals surface area contributed by atoms with E-state index in [1.54, 1.807) is 36.1 Å². The molecule has 0 radical (unpaired) electrons. The lowest BCUT2D eigenvalue weighted by molar-refractivity contribution is -0.136. The third-order valence-electron chi connectivity index (χ3n) is 6.44. The highest BCUT2D eigenvalue weighted by atomic mass is 16.6. The van der Waals surface area contributed by atoms with Crippen molar-refractivity contribution in [3.63, 3.8) is 0 Å². The highest BCUT2D eigenvalue weighted by molar-refractivity contribution is 6.05. The molecule has 0 bridgehead atoms. The Hall–Kier alpha value is -4.61. The van der Waals surface area contributed by atoms with Crippen molar-refractivity contribution in [2.24, 2.45) is 0 Å². The van der Waals surface area contributed by atoms with Gasteiger partial charge in [-0.05, 0) is 57.0 Å². The summed E-state index contributed by atoms with van der Waals surface area (Å²) in [5.74, 6) is -0.459. The zero-order valence-electron chi connectivity index (χ0n) is 22.2. The number of amides is 4. The molecule has 0 saturated carbocycles. The van der Waals surface area contributed by atoms with E-state index in [0.717, 1.165) is 11.1 Å². The average Bonchev–Trinajstić information content (AvgIpc) is 3.48.